The van der Waals surface area contributed by atoms with Crippen molar-refractivity contribution in [1.82, 2.24) is 0 Å². The zero-order chi connectivity index (χ0) is 39.1. The summed E-state index contributed by atoms with van der Waals surface area (Å²) in [5, 5.41) is 18.3. The van der Waals surface area contributed by atoms with Crippen LogP contribution in [0.1, 0.15) is 193 Å². The highest BCUT2D eigenvalue weighted by atomic mass is 31.2. The van der Waals surface area contributed by atoms with Crippen molar-refractivity contribution < 1.29 is 47.8 Å². The molecule has 0 saturated heterocycles. The molecule has 10 nitrogen and oxygen atoms in total. The van der Waals surface area contributed by atoms with Crippen LogP contribution in [0.4, 0.5) is 0 Å². The summed E-state index contributed by atoms with van der Waals surface area (Å²) < 4.78 is 32.7. The number of allylic oxidation sites excluding steroid dienone is 3. The smallest absolute Gasteiger partial charge is 0.462 e. The molecule has 0 aromatic heterocycles. The average Bonchev–Trinajstić information content (AvgIpc) is 3.14. The van der Waals surface area contributed by atoms with Crippen LogP contribution in [-0.4, -0.2) is 65.7 Å². The lowest BCUT2D eigenvalue weighted by Crippen LogP contribution is -2.29. The van der Waals surface area contributed by atoms with Gasteiger partial charge in [0.1, 0.15) is 12.7 Å². The third kappa shape index (κ3) is 38.5. The van der Waals surface area contributed by atoms with E-state index in [1.165, 1.54) is 116 Å². The molecule has 11 heteroatoms. The standard InChI is InChI=1S/C42H79O10P/c1-3-5-7-9-11-13-15-17-19-21-23-25-27-29-31-33-41(45)49-37-40(38-51-53(47,48)50-36-39(44)35-43)52-42(46)34-32-30-28-26-24-22-20-18-16-14-12-10-8-6-4-2/h3,10,12,39-40,43-44H,1,4-9,11,13-38H2,2H3,(H,47,48)/b12-10+/t39-,40+/m0/s1. The second-order valence-corrected chi connectivity index (χ2v) is 15.9. The molecule has 0 fully saturated rings. The van der Waals surface area contributed by atoms with Gasteiger partial charge in [-0.15, -0.1) is 6.58 Å². The molecule has 53 heavy (non-hydrogen) atoms. The zero-order valence-electron chi connectivity index (χ0n) is 33.6. The fraction of sp³-hybridized carbons (Fsp3) is 0.857. The molecule has 0 aliphatic carbocycles. The molecule has 0 heterocycles. The van der Waals surface area contributed by atoms with Gasteiger partial charge in [0.2, 0.25) is 0 Å². The van der Waals surface area contributed by atoms with Gasteiger partial charge in [-0.3, -0.25) is 18.6 Å². The average molecular weight is 775 g/mol. The van der Waals surface area contributed by atoms with Crippen molar-refractivity contribution in [2.75, 3.05) is 26.4 Å². The highest BCUT2D eigenvalue weighted by Gasteiger charge is 2.27. The quantitative estimate of drug-likeness (QED) is 0.0237. The number of unbranched alkanes of at least 4 members (excludes halogenated alkanes) is 24. The predicted molar refractivity (Wildman–Crippen MR) is 215 cm³/mol. The number of ether oxygens (including phenoxy) is 2. The molecule has 312 valence electrons. The lowest BCUT2D eigenvalue weighted by atomic mass is 10.0. The Morgan fingerprint density at radius 2 is 1.02 bits per heavy atom. The summed E-state index contributed by atoms with van der Waals surface area (Å²) in [7, 11) is -4.61. The minimum atomic E-state index is -4.61. The Hall–Kier alpha value is -1.55. The summed E-state index contributed by atoms with van der Waals surface area (Å²) in [6.07, 6.45) is 36.0. The van der Waals surface area contributed by atoms with Gasteiger partial charge >= 0.3 is 19.8 Å². The van der Waals surface area contributed by atoms with Crippen LogP contribution >= 0.6 is 7.82 Å². The first-order valence-electron chi connectivity index (χ1n) is 21.3. The van der Waals surface area contributed by atoms with Gasteiger partial charge in [-0.1, -0.05) is 154 Å². The van der Waals surface area contributed by atoms with Crippen molar-refractivity contribution in [2.45, 2.75) is 205 Å². The van der Waals surface area contributed by atoms with E-state index in [1.54, 1.807) is 0 Å². The maximum atomic E-state index is 12.6. The number of rotatable bonds is 41. The first-order chi connectivity index (χ1) is 25.7. The van der Waals surface area contributed by atoms with Crippen molar-refractivity contribution in [1.29, 1.82) is 0 Å². The highest BCUT2D eigenvalue weighted by Crippen LogP contribution is 2.43. The maximum Gasteiger partial charge on any atom is 0.472 e. The van der Waals surface area contributed by atoms with Crippen LogP contribution in [0.2, 0.25) is 0 Å². The normalized spacial score (nSPS) is 13.9. The van der Waals surface area contributed by atoms with Crippen molar-refractivity contribution >= 4 is 19.8 Å². The van der Waals surface area contributed by atoms with Gasteiger partial charge in [-0.25, -0.2) is 4.57 Å². The number of hydrogen-bond donors (Lipinski definition) is 3. The van der Waals surface area contributed by atoms with Gasteiger partial charge in [-0.2, -0.15) is 0 Å². The van der Waals surface area contributed by atoms with E-state index >= 15 is 0 Å². The molecule has 3 N–H and O–H groups in total. The molecule has 0 radical (unpaired) electrons. The van der Waals surface area contributed by atoms with Crippen molar-refractivity contribution in [3.63, 3.8) is 0 Å². The Labute approximate surface area is 323 Å². The SMILES string of the molecule is C=CCCCCCCCCCCCCCCCC(=O)OC[C@H](COP(=O)(O)OC[C@@H](O)CO)OC(=O)CCCCCCCCCCC/C=C/CCCC. The number of aliphatic hydroxyl groups is 2. The van der Waals surface area contributed by atoms with Crippen molar-refractivity contribution in [3.8, 4) is 0 Å². The van der Waals surface area contributed by atoms with Gasteiger partial charge in [0.25, 0.3) is 0 Å². The molecule has 0 spiro atoms. The summed E-state index contributed by atoms with van der Waals surface area (Å²) in [4.78, 5) is 34.9. The highest BCUT2D eigenvalue weighted by molar-refractivity contribution is 7.47. The van der Waals surface area contributed by atoms with Crippen molar-refractivity contribution in [3.05, 3.63) is 24.8 Å². The van der Waals surface area contributed by atoms with E-state index in [0.717, 1.165) is 44.9 Å². The molecule has 0 amide bonds. The number of hydrogen-bond acceptors (Lipinski definition) is 9. The van der Waals surface area contributed by atoms with Crippen LogP contribution in [0.5, 0.6) is 0 Å². The Morgan fingerprint density at radius 1 is 0.604 bits per heavy atom. The van der Waals surface area contributed by atoms with Gasteiger partial charge in [0.05, 0.1) is 19.8 Å². The Morgan fingerprint density at radius 3 is 1.49 bits per heavy atom. The second-order valence-electron chi connectivity index (χ2n) is 14.4. The third-order valence-corrected chi connectivity index (χ3v) is 10.2. The minimum Gasteiger partial charge on any atom is -0.462 e. The van der Waals surface area contributed by atoms with E-state index in [2.05, 4.69) is 30.2 Å². The lowest BCUT2D eigenvalue weighted by Gasteiger charge is -2.20. The van der Waals surface area contributed by atoms with Crippen LogP contribution in [0, 0.1) is 0 Å². The van der Waals surface area contributed by atoms with Crippen LogP contribution in [0.15, 0.2) is 24.8 Å². The number of carbonyl (C=O) groups excluding carboxylic acids is 2. The first kappa shape index (κ1) is 51.5. The second kappa shape index (κ2) is 38.7. The number of phosphoric acid groups is 1. The Kier molecular flexibility index (Phi) is 37.6. The third-order valence-electron chi connectivity index (χ3n) is 9.22. The molecule has 1 unspecified atom stereocenters. The molecule has 0 rings (SSSR count). The predicted octanol–water partition coefficient (Wildman–Crippen LogP) is 11.0. The summed E-state index contributed by atoms with van der Waals surface area (Å²) >= 11 is 0. The molecular formula is C42H79O10P. The molecule has 0 aromatic carbocycles. The monoisotopic (exact) mass is 775 g/mol. The van der Waals surface area contributed by atoms with E-state index < -0.39 is 51.8 Å². The molecule has 0 aliphatic rings. The number of carbonyl (C=O) groups is 2. The fourth-order valence-corrected chi connectivity index (χ4v) is 6.69. The van der Waals surface area contributed by atoms with E-state index in [0.29, 0.717) is 12.8 Å². The van der Waals surface area contributed by atoms with E-state index in [-0.39, 0.29) is 19.4 Å². The summed E-state index contributed by atoms with van der Waals surface area (Å²) in [6, 6.07) is 0. The number of esters is 2. The van der Waals surface area contributed by atoms with Crippen LogP contribution < -0.4 is 0 Å². The number of aliphatic hydroxyl groups excluding tert-OH is 2. The summed E-state index contributed by atoms with van der Waals surface area (Å²) in [5.74, 6) is -0.925. The zero-order valence-corrected chi connectivity index (χ0v) is 34.5. The van der Waals surface area contributed by atoms with Gasteiger partial charge < -0.3 is 24.6 Å². The molecule has 3 atom stereocenters. The molecule has 0 aliphatic heterocycles. The molecule has 0 saturated carbocycles. The van der Waals surface area contributed by atoms with Crippen LogP contribution in [0.3, 0.4) is 0 Å². The van der Waals surface area contributed by atoms with E-state index in [9.17, 15) is 24.2 Å². The van der Waals surface area contributed by atoms with Crippen molar-refractivity contribution in [2.24, 2.45) is 0 Å². The van der Waals surface area contributed by atoms with Gasteiger partial charge in [-0.05, 0) is 44.9 Å². The van der Waals surface area contributed by atoms with Crippen LogP contribution in [0.25, 0.3) is 0 Å². The topological polar surface area (TPSA) is 149 Å². The van der Waals surface area contributed by atoms with Gasteiger partial charge in [0.15, 0.2) is 6.10 Å². The minimum absolute atomic E-state index is 0.183. The molecule has 0 aromatic rings. The fourth-order valence-electron chi connectivity index (χ4n) is 5.90. The van der Waals surface area contributed by atoms with Gasteiger partial charge in [0, 0.05) is 12.8 Å². The Balaban J connectivity index is 4.27. The first-order valence-corrected chi connectivity index (χ1v) is 22.7. The summed E-state index contributed by atoms with van der Waals surface area (Å²) in [6.45, 7) is 3.88. The number of phosphoric ester groups is 1. The lowest BCUT2D eigenvalue weighted by molar-refractivity contribution is -0.161. The van der Waals surface area contributed by atoms with E-state index in [1.807, 2.05) is 6.08 Å². The Bertz CT molecular complexity index is 928. The van der Waals surface area contributed by atoms with E-state index in [4.69, 9.17) is 19.1 Å². The largest absolute Gasteiger partial charge is 0.472 e. The maximum absolute atomic E-state index is 12.6. The molecular weight excluding hydrogens is 695 g/mol. The molecule has 0 bridgehead atoms. The summed E-state index contributed by atoms with van der Waals surface area (Å²) in [5.41, 5.74) is 0. The van der Waals surface area contributed by atoms with Crippen LogP contribution in [-0.2, 0) is 32.7 Å².